The van der Waals surface area contributed by atoms with E-state index < -0.39 is 12.9 Å². The summed E-state index contributed by atoms with van der Waals surface area (Å²) in [6, 6.07) is -1.38. The second-order valence-electron chi connectivity index (χ2n) is 1.86. The third-order valence-corrected chi connectivity index (χ3v) is 1.19. The van der Waals surface area contributed by atoms with Gasteiger partial charge in [-0.3, -0.25) is 0 Å². The molecule has 1 heteroatoms. The summed E-state index contributed by atoms with van der Waals surface area (Å²) in [5, 5.41) is 2.74. The summed E-state index contributed by atoms with van der Waals surface area (Å²) in [6.07, 6.45) is 2.26. The number of hydrogen-bond acceptors (Lipinski definition) is 1. The van der Waals surface area contributed by atoms with Gasteiger partial charge in [-0.05, 0) is 26.2 Å². The highest BCUT2D eigenvalue weighted by Gasteiger charge is 2.04. The lowest BCUT2D eigenvalue weighted by molar-refractivity contribution is 0.425. The molecule has 1 atom stereocenters. The van der Waals surface area contributed by atoms with E-state index in [1.54, 1.807) is 0 Å². The summed E-state index contributed by atoms with van der Waals surface area (Å²) >= 11 is 0. The Bertz CT molecular complexity index is 136. The van der Waals surface area contributed by atoms with Crippen molar-refractivity contribution in [2.45, 2.75) is 32.1 Å². The average molecular weight is 103 g/mol. The minimum atomic E-state index is -2.19. The summed E-state index contributed by atoms with van der Waals surface area (Å²) in [4.78, 5) is 0. The van der Waals surface area contributed by atoms with Crippen molar-refractivity contribution in [1.29, 1.82) is 0 Å². The molecule has 1 aliphatic rings. The van der Waals surface area contributed by atoms with E-state index >= 15 is 0 Å². The van der Waals surface area contributed by atoms with Crippen LogP contribution in [0, 0.1) is 0 Å². The maximum Gasteiger partial charge on any atom is 0.0462 e. The van der Waals surface area contributed by atoms with Crippen LogP contribution in [-0.2, 0) is 0 Å². The Hall–Kier alpha value is -0.0400. The van der Waals surface area contributed by atoms with Crippen molar-refractivity contribution in [3.05, 3.63) is 0 Å². The van der Waals surface area contributed by atoms with Gasteiger partial charge >= 0.3 is 0 Å². The zero-order valence-corrected chi connectivity index (χ0v) is 4.33. The Morgan fingerprint density at radius 3 is 3.29 bits per heavy atom. The van der Waals surface area contributed by atoms with Gasteiger partial charge in [0, 0.05) is 11.5 Å². The predicted molar refractivity (Wildman–Crippen MR) is 31.3 cm³/mol. The second kappa shape index (κ2) is 2.31. The number of hydrogen-bond donors (Lipinski definition) is 1. The molecule has 1 unspecified atom stereocenters. The first-order chi connectivity index (χ1) is 4.96. The molecule has 0 aliphatic carbocycles. The van der Waals surface area contributed by atoms with Crippen molar-refractivity contribution in [2.24, 2.45) is 0 Å². The van der Waals surface area contributed by atoms with Crippen molar-refractivity contribution >= 4 is 0 Å². The number of rotatable bonds is 0. The minimum absolute atomic E-state index is 0.434. The highest BCUT2D eigenvalue weighted by Crippen LogP contribution is 2.04. The SMILES string of the molecule is [2H]C([2H])([2H])C1([2H])CCCCN1. The maximum absolute atomic E-state index is 7.60. The quantitative estimate of drug-likeness (QED) is 0.485. The molecule has 1 aliphatic heterocycles. The van der Waals surface area contributed by atoms with Crippen molar-refractivity contribution in [1.82, 2.24) is 5.32 Å². The minimum Gasteiger partial charge on any atom is -0.314 e. The molecule has 1 nitrogen and oxygen atoms in total. The maximum atomic E-state index is 7.60. The van der Waals surface area contributed by atoms with Crippen LogP contribution in [0.2, 0.25) is 0 Å². The average Bonchev–Trinajstić information content (AvgIpc) is 1.87. The van der Waals surface area contributed by atoms with E-state index in [0.29, 0.717) is 13.0 Å². The van der Waals surface area contributed by atoms with Crippen LogP contribution < -0.4 is 5.32 Å². The Morgan fingerprint density at radius 2 is 2.86 bits per heavy atom. The van der Waals surface area contributed by atoms with E-state index in [-0.39, 0.29) is 0 Å². The summed E-state index contributed by atoms with van der Waals surface area (Å²) in [7, 11) is 0. The number of nitrogens with one attached hydrogen (secondary N) is 1. The van der Waals surface area contributed by atoms with E-state index in [9.17, 15) is 0 Å². The molecule has 0 bridgehead atoms. The first-order valence-electron chi connectivity index (χ1n) is 4.71. The highest BCUT2D eigenvalue weighted by molar-refractivity contribution is 4.65. The third kappa shape index (κ3) is 1.48. The lowest BCUT2D eigenvalue weighted by atomic mass is 10.1. The third-order valence-electron chi connectivity index (χ3n) is 1.19. The molecule has 42 valence electrons. The lowest BCUT2D eigenvalue weighted by Crippen LogP contribution is -2.30. The van der Waals surface area contributed by atoms with Gasteiger partial charge in [-0.1, -0.05) is 6.42 Å². The van der Waals surface area contributed by atoms with E-state index in [1.807, 2.05) is 0 Å². The first-order valence-corrected chi connectivity index (χ1v) is 2.71. The summed E-state index contributed by atoms with van der Waals surface area (Å²) < 4.78 is 28.9. The molecule has 0 saturated carbocycles. The standard InChI is InChI=1S/C6H13N/c1-6-4-2-3-5-7-6/h6-7H,2-5H2,1H3/i1D3,6D. The molecular weight excluding hydrogens is 86.1 g/mol. The molecule has 0 spiro atoms. The van der Waals surface area contributed by atoms with Gasteiger partial charge in [0.15, 0.2) is 0 Å². The fraction of sp³-hybridized carbons (Fsp3) is 1.00. The van der Waals surface area contributed by atoms with Gasteiger partial charge in [0.1, 0.15) is 0 Å². The van der Waals surface area contributed by atoms with Crippen molar-refractivity contribution in [3.8, 4) is 0 Å². The predicted octanol–water partition coefficient (Wildman–Crippen LogP) is 1.15. The topological polar surface area (TPSA) is 12.0 Å². The molecule has 1 N–H and O–H groups in total. The Kier molecular flexibility index (Phi) is 0.680. The molecular formula is C6H13N. The van der Waals surface area contributed by atoms with Crippen molar-refractivity contribution in [2.75, 3.05) is 6.54 Å². The van der Waals surface area contributed by atoms with Gasteiger partial charge in [0.05, 0.1) is 0 Å². The highest BCUT2D eigenvalue weighted by atomic mass is 14.9. The van der Waals surface area contributed by atoms with E-state index in [2.05, 4.69) is 5.32 Å². The molecule has 1 fully saturated rings. The molecule has 0 radical (unpaired) electrons. The van der Waals surface area contributed by atoms with E-state index in [4.69, 9.17) is 5.48 Å². The van der Waals surface area contributed by atoms with Crippen LogP contribution in [-0.4, -0.2) is 12.6 Å². The molecule has 0 amide bonds. The normalized spacial score (nSPS) is 53.7. The zero-order chi connectivity index (χ0) is 8.54. The zero-order valence-electron chi connectivity index (χ0n) is 8.33. The van der Waals surface area contributed by atoms with Crippen molar-refractivity contribution < 1.29 is 5.48 Å². The monoisotopic (exact) mass is 103 g/mol. The molecule has 1 heterocycles. The van der Waals surface area contributed by atoms with Crippen LogP contribution in [0.5, 0.6) is 0 Å². The molecule has 0 aromatic heterocycles. The second-order valence-corrected chi connectivity index (χ2v) is 1.86. The summed E-state index contributed by atoms with van der Waals surface area (Å²) in [5.74, 6) is 0. The Labute approximate surface area is 50.7 Å². The van der Waals surface area contributed by atoms with Gasteiger partial charge in [-0.15, -0.1) is 0 Å². The van der Waals surface area contributed by atoms with Crippen LogP contribution in [0.3, 0.4) is 0 Å². The Balaban J connectivity index is 2.64. The van der Waals surface area contributed by atoms with Crippen LogP contribution in [0.25, 0.3) is 0 Å². The van der Waals surface area contributed by atoms with Crippen molar-refractivity contribution in [3.63, 3.8) is 0 Å². The van der Waals surface area contributed by atoms with Crippen LogP contribution in [0.4, 0.5) is 0 Å². The lowest BCUT2D eigenvalue weighted by Gasteiger charge is -2.18. The van der Waals surface area contributed by atoms with Crippen LogP contribution in [0.1, 0.15) is 31.6 Å². The van der Waals surface area contributed by atoms with Gasteiger partial charge in [-0.2, -0.15) is 0 Å². The number of piperidine rings is 1. The van der Waals surface area contributed by atoms with E-state index in [1.165, 1.54) is 0 Å². The van der Waals surface area contributed by atoms with Crippen LogP contribution in [0.15, 0.2) is 0 Å². The fourth-order valence-electron chi connectivity index (χ4n) is 0.754. The largest absolute Gasteiger partial charge is 0.314 e. The summed E-state index contributed by atoms with van der Waals surface area (Å²) in [5.41, 5.74) is 0. The molecule has 7 heavy (non-hydrogen) atoms. The molecule has 1 rings (SSSR count). The van der Waals surface area contributed by atoms with Crippen LogP contribution >= 0.6 is 0 Å². The first kappa shape index (κ1) is 2.06. The fourth-order valence-corrected chi connectivity index (χ4v) is 0.754. The van der Waals surface area contributed by atoms with Gasteiger partial charge in [-0.25, -0.2) is 0 Å². The van der Waals surface area contributed by atoms with Gasteiger partial charge < -0.3 is 5.32 Å². The Morgan fingerprint density at radius 1 is 1.86 bits per heavy atom. The van der Waals surface area contributed by atoms with Gasteiger partial charge in [0.25, 0.3) is 0 Å². The molecule has 0 aromatic rings. The molecule has 1 saturated heterocycles. The van der Waals surface area contributed by atoms with Gasteiger partial charge in [0.2, 0.25) is 0 Å². The van der Waals surface area contributed by atoms with E-state index in [0.717, 1.165) is 12.8 Å². The smallest absolute Gasteiger partial charge is 0.0462 e. The molecule has 0 aromatic carbocycles. The summed E-state index contributed by atoms with van der Waals surface area (Å²) in [6.45, 7) is -1.53.